The van der Waals surface area contributed by atoms with Crippen molar-refractivity contribution < 1.29 is 83.1 Å². The first-order valence-corrected chi connectivity index (χ1v) is 24.0. The quantitative estimate of drug-likeness (QED) is 0.0313. The number of carbonyl (C=O) groups excluding carboxylic acids is 7. The van der Waals surface area contributed by atoms with Crippen LogP contribution < -0.4 is 48.3 Å². The van der Waals surface area contributed by atoms with Gasteiger partial charge in [0.25, 0.3) is 0 Å². The number of rotatable bonds is 32. The van der Waals surface area contributed by atoms with Gasteiger partial charge in [-0.25, -0.2) is 19.2 Å². The third kappa shape index (κ3) is 25.6. The fraction of sp³-hybridized carbons (Fsp3) is 0.500. The van der Waals surface area contributed by atoms with Gasteiger partial charge in [-0.15, -0.1) is 0 Å². The van der Waals surface area contributed by atoms with E-state index in [4.69, 9.17) is 26.2 Å². The molecule has 0 bridgehead atoms. The Morgan fingerprint density at radius 2 is 1.09 bits per heavy atom. The van der Waals surface area contributed by atoms with Crippen LogP contribution in [0.3, 0.4) is 0 Å². The minimum atomic E-state index is -1.61. The summed E-state index contributed by atoms with van der Waals surface area (Å²) < 4.78 is 0. The largest absolute Gasteiger partial charge is 0.481 e. The van der Waals surface area contributed by atoms with Crippen LogP contribution in [0.4, 0.5) is 4.79 Å². The molecular weight excluding hydrogens is 1010 g/mol. The minimum Gasteiger partial charge on any atom is -0.481 e. The summed E-state index contributed by atoms with van der Waals surface area (Å²) >= 11 is 3.79. The number of carbonyl (C=O) groups is 12. The van der Waals surface area contributed by atoms with Crippen molar-refractivity contribution in [2.24, 2.45) is 11.1 Å². The zero-order chi connectivity index (χ0) is 57.1. The zero-order valence-corrected chi connectivity index (χ0v) is 43.0. The lowest BCUT2D eigenvalue weighted by Gasteiger charge is -2.42. The van der Waals surface area contributed by atoms with Crippen LogP contribution in [0.1, 0.15) is 84.3 Å². The van der Waals surface area contributed by atoms with Gasteiger partial charge in [-0.3, -0.25) is 38.4 Å². The lowest BCUT2D eigenvalue weighted by Crippen LogP contribution is -2.57. The number of nitrogens with two attached hydrogens (primary N) is 1. The number of hydrogen-bond acceptors (Lipinski definition) is 14. The van der Waals surface area contributed by atoms with Crippen LogP contribution in [0.15, 0.2) is 60.7 Å². The van der Waals surface area contributed by atoms with Gasteiger partial charge in [0.2, 0.25) is 35.9 Å². The molecule has 414 valence electrons. The lowest BCUT2D eigenvalue weighted by molar-refractivity contribution is -0.143. The molecule has 5 unspecified atom stereocenters. The molecule has 2 rings (SSSR count). The Morgan fingerprint density at radius 3 is 1.56 bits per heavy atom. The first-order valence-electron chi connectivity index (χ1n) is 23.3. The number of carboxylic acid groups (broad SMARTS) is 5. The number of nitrogens with one attached hydrogen (secondary N) is 8. The van der Waals surface area contributed by atoms with Crippen molar-refractivity contribution in [2.75, 3.05) is 12.3 Å². The Hall–Kier alpha value is -7.81. The monoisotopic (exact) mass is 1080 g/mol. The van der Waals surface area contributed by atoms with E-state index in [1.54, 1.807) is 44.2 Å². The molecule has 8 amide bonds. The summed E-state index contributed by atoms with van der Waals surface area (Å²) in [7, 11) is 0. The summed E-state index contributed by atoms with van der Waals surface area (Å²) in [6.45, 7) is 8.72. The van der Waals surface area contributed by atoms with Crippen molar-refractivity contribution in [3.05, 3.63) is 71.8 Å². The molecule has 0 aliphatic heterocycles. The fourth-order valence-electron chi connectivity index (χ4n) is 6.67. The topological polar surface area (TPSA) is 428 Å². The number of aliphatic carboxylic acids is 5. The van der Waals surface area contributed by atoms with Gasteiger partial charge in [-0.2, -0.15) is 12.6 Å². The number of benzene rings is 2. The van der Waals surface area contributed by atoms with Crippen molar-refractivity contribution in [2.45, 2.75) is 134 Å². The van der Waals surface area contributed by atoms with E-state index in [0.29, 0.717) is 12.8 Å². The van der Waals surface area contributed by atoms with Crippen molar-refractivity contribution in [3.8, 4) is 0 Å². The molecule has 0 fully saturated rings. The molecule has 0 aliphatic rings. The second-order valence-corrected chi connectivity index (χ2v) is 18.7. The van der Waals surface area contributed by atoms with Gasteiger partial charge >= 0.3 is 35.9 Å². The maximum Gasteiger partial charge on any atom is 0.327 e. The van der Waals surface area contributed by atoms with E-state index in [-0.39, 0.29) is 49.9 Å². The van der Waals surface area contributed by atoms with Crippen molar-refractivity contribution >= 4 is 84.5 Å². The molecule has 0 saturated carbocycles. The maximum atomic E-state index is 12.8. The van der Waals surface area contributed by atoms with Crippen LogP contribution in [-0.2, 0) is 65.6 Å². The van der Waals surface area contributed by atoms with Crippen molar-refractivity contribution in [3.63, 3.8) is 0 Å². The summed E-state index contributed by atoms with van der Waals surface area (Å²) in [4.78, 5) is 141. The molecule has 0 radical (unpaired) electrons. The molecular formula is C48H69N9O17S. The summed E-state index contributed by atoms with van der Waals surface area (Å²) in [5, 5.41) is 64.3. The standard InChI is InChI=1S/C28H42N4O9.C20H27N5O8S/c1-17(15-18-9-7-6-8-10-18)29-22(34)16-27(2,3)28(4,5)32-21(33)13-11-19(24(37)38)30-26(41)31-20(25(39)40)12-14-23(35)36;21-12(8-22-18(30)13(23-10-26)6-11-4-2-1-3-5-11)17(29)24-14(7-16(27)28)19(31)25-15(9-34)20(32)33/h6-10,17,19-20H,11-16H2,1-5H3,(H,29,34)(H,32,33)(H,35,36)(H,37,38)(H,39,40)(H2,30,31,41);1-5,10,12-15,34H,6-9,21H2,(H,22,30)(H,23,26)(H,24,29)(H,25,31)(H,27,28)(H,32,33)/t;12?,13-,14?,15-/m.0/s1. The second kappa shape index (κ2) is 32.4. The molecule has 75 heavy (non-hydrogen) atoms. The van der Waals surface area contributed by atoms with E-state index in [1.165, 1.54) is 0 Å². The average Bonchev–Trinajstić information content (AvgIpc) is 3.31. The number of hydrogen-bond donors (Lipinski definition) is 15. The summed E-state index contributed by atoms with van der Waals surface area (Å²) in [5.41, 5.74) is 6.06. The lowest BCUT2D eigenvalue weighted by atomic mass is 9.71. The van der Waals surface area contributed by atoms with Crippen LogP contribution in [0, 0.1) is 5.41 Å². The Balaban J connectivity index is 0.000000763. The highest BCUT2D eigenvalue weighted by Gasteiger charge is 2.40. The SMILES string of the molecule is CC(Cc1ccccc1)NC(=O)CC(C)(C)C(C)(C)NC(=O)CCC(NC(=O)NC(CCC(=O)O)C(=O)O)C(=O)O.NC(CNC(=O)[C@H](Cc1ccccc1)NC=O)C(=O)NC(CC(=O)O)C(=O)N[C@@H](CS)C(=O)O. The highest BCUT2D eigenvalue weighted by molar-refractivity contribution is 7.80. The summed E-state index contributed by atoms with van der Waals surface area (Å²) in [6, 6.07) is 9.02. The molecule has 0 heterocycles. The van der Waals surface area contributed by atoms with E-state index in [0.717, 1.165) is 11.1 Å². The molecule has 0 spiro atoms. The molecule has 2 aromatic carbocycles. The van der Waals surface area contributed by atoms with Gasteiger partial charge in [0.15, 0.2) is 0 Å². The van der Waals surface area contributed by atoms with E-state index in [9.17, 15) is 62.6 Å². The molecule has 7 atom stereocenters. The van der Waals surface area contributed by atoms with Gasteiger partial charge in [0, 0.05) is 49.6 Å². The van der Waals surface area contributed by atoms with Crippen LogP contribution in [0.5, 0.6) is 0 Å². The van der Waals surface area contributed by atoms with Gasteiger partial charge in [-0.1, -0.05) is 74.5 Å². The van der Waals surface area contributed by atoms with Crippen LogP contribution in [0.25, 0.3) is 0 Å². The molecule has 27 heteroatoms. The fourth-order valence-corrected chi connectivity index (χ4v) is 6.92. The van der Waals surface area contributed by atoms with E-state index < -0.39 is 126 Å². The van der Waals surface area contributed by atoms with Crippen LogP contribution >= 0.6 is 12.6 Å². The highest BCUT2D eigenvalue weighted by atomic mass is 32.1. The third-order valence-electron chi connectivity index (χ3n) is 11.6. The maximum absolute atomic E-state index is 12.8. The van der Waals surface area contributed by atoms with Gasteiger partial charge in [0.1, 0.15) is 36.3 Å². The van der Waals surface area contributed by atoms with E-state index >= 15 is 0 Å². The van der Waals surface area contributed by atoms with E-state index in [2.05, 4.69) is 49.8 Å². The number of thiol groups is 1. The van der Waals surface area contributed by atoms with Gasteiger partial charge < -0.3 is 73.8 Å². The summed E-state index contributed by atoms with van der Waals surface area (Å²) in [5.74, 6) is -10.5. The molecule has 0 saturated heterocycles. The van der Waals surface area contributed by atoms with Crippen molar-refractivity contribution in [1.82, 2.24) is 42.5 Å². The zero-order valence-electron chi connectivity index (χ0n) is 42.1. The Morgan fingerprint density at radius 1 is 0.600 bits per heavy atom. The van der Waals surface area contributed by atoms with E-state index in [1.807, 2.05) is 56.4 Å². The molecule has 0 aromatic heterocycles. The third-order valence-corrected chi connectivity index (χ3v) is 11.9. The van der Waals surface area contributed by atoms with Crippen LogP contribution in [-0.4, -0.2) is 157 Å². The minimum absolute atomic E-state index is 0.0981. The molecule has 0 aliphatic carbocycles. The predicted molar refractivity (Wildman–Crippen MR) is 271 cm³/mol. The smallest absolute Gasteiger partial charge is 0.327 e. The molecule has 2 aromatic rings. The Bertz CT molecular complexity index is 2290. The number of amides is 8. The van der Waals surface area contributed by atoms with Gasteiger partial charge in [-0.05, 0) is 56.6 Å². The van der Waals surface area contributed by atoms with Gasteiger partial charge in [0.05, 0.1) is 6.42 Å². The summed E-state index contributed by atoms with van der Waals surface area (Å²) in [6.07, 6.45) is -0.984. The average molecular weight is 1080 g/mol. The molecule has 26 nitrogen and oxygen atoms in total. The van der Waals surface area contributed by atoms with Crippen molar-refractivity contribution in [1.29, 1.82) is 0 Å². The first-order chi connectivity index (χ1) is 35.0. The second-order valence-electron chi connectivity index (χ2n) is 18.4. The Labute approximate surface area is 437 Å². The Kier molecular flexibility index (Phi) is 28.2. The predicted octanol–water partition coefficient (Wildman–Crippen LogP) is -0.859. The number of urea groups is 1. The normalized spacial score (nSPS) is 13.8. The molecule has 15 N–H and O–H groups in total. The number of carboxylic acids is 5. The first kappa shape index (κ1) is 65.2. The highest BCUT2D eigenvalue weighted by Crippen LogP contribution is 2.34. The van der Waals surface area contributed by atoms with Crippen LogP contribution in [0.2, 0.25) is 0 Å².